The van der Waals surface area contributed by atoms with E-state index in [4.69, 9.17) is 10.2 Å². The molecule has 2 nitrogen and oxygen atoms in total. The molecule has 0 aromatic heterocycles. The zero-order valence-corrected chi connectivity index (χ0v) is 6.33. The highest BCUT2D eigenvalue weighted by Crippen LogP contribution is 2.10. The van der Waals surface area contributed by atoms with Crippen molar-refractivity contribution in [2.75, 3.05) is 0 Å². The van der Waals surface area contributed by atoms with Gasteiger partial charge in [-0.05, 0) is 13.3 Å². The average Bonchev–Trinajstić information content (AvgIpc) is 1.84. The largest absolute Gasteiger partial charge is 0.393 e. The van der Waals surface area contributed by atoms with Gasteiger partial charge in [-0.2, -0.15) is 0 Å². The Bertz CT molecular complexity index is 71.3. The molecule has 0 aromatic carbocycles. The van der Waals surface area contributed by atoms with Crippen molar-refractivity contribution >= 4 is 0 Å². The van der Waals surface area contributed by atoms with Crippen molar-refractivity contribution in [3.05, 3.63) is 0 Å². The van der Waals surface area contributed by atoms with E-state index in [1.807, 2.05) is 13.8 Å². The molecule has 0 amide bonds. The van der Waals surface area contributed by atoms with Crippen molar-refractivity contribution in [3.8, 4) is 0 Å². The monoisotopic (exact) mass is 132 g/mol. The third-order valence-electron chi connectivity index (χ3n) is 1.79. The van der Waals surface area contributed by atoms with E-state index in [0.717, 1.165) is 0 Å². The van der Waals surface area contributed by atoms with Gasteiger partial charge in [0.05, 0.1) is 12.2 Å². The van der Waals surface area contributed by atoms with Gasteiger partial charge in [-0.25, -0.2) is 0 Å². The lowest BCUT2D eigenvalue weighted by atomic mass is 9.98. The highest BCUT2D eigenvalue weighted by molar-refractivity contribution is 4.66. The summed E-state index contributed by atoms with van der Waals surface area (Å²) in [6.45, 7) is 5.45. The van der Waals surface area contributed by atoms with E-state index < -0.39 is 6.10 Å². The molecule has 0 saturated carbocycles. The fraction of sp³-hybridized carbons (Fsp3) is 1.00. The lowest BCUT2D eigenvalue weighted by Crippen LogP contribution is -2.26. The topological polar surface area (TPSA) is 40.5 Å². The van der Waals surface area contributed by atoms with E-state index in [0.29, 0.717) is 6.42 Å². The number of hydrogen-bond donors (Lipinski definition) is 2. The van der Waals surface area contributed by atoms with Gasteiger partial charge in [-0.1, -0.05) is 13.8 Å². The summed E-state index contributed by atoms with van der Waals surface area (Å²) < 4.78 is 0. The van der Waals surface area contributed by atoms with Crippen molar-refractivity contribution in [1.82, 2.24) is 0 Å². The van der Waals surface area contributed by atoms with Crippen LogP contribution in [-0.2, 0) is 0 Å². The normalized spacial score (nSPS) is 21.0. The first-order valence-electron chi connectivity index (χ1n) is 3.45. The third kappa shape index (κ3) is 2.82. The maximum atomic E-state index is 9.14. The molecule has 0 aliphatic rings. The summed E-state index contributed by atoms with van der Waals surface area (Å²) in [6, 6.07) is 0. The van der Waals surface area contributed by atoms with Crippen LogP contribution in [0.4, 0.5) is 0 Å². The standard InChI is InChI=1S/C7H16O2/c1-4-7(9)5(2)6(3)8/h5-9H,4H2,1-3H3/t5-,6+,7+/m1/s1. The Hall–Kier alpha value is -0.0800. The summed E-state index contributed by atoms with van der Waals surface area (Å²) in [4.78, 5) is 0. The number of aliphatic hydroxyl groups excluding tert-OH is 2. The molecule has 0 saturated heterocycles. The lowest BCUT2D eigenvalue weighted by molar-refractivity contribution is 0.0298. The molecule has 9 heavy (non-hydrogen) atoms. The van der Waals surface area contributed by atoms with Crippen LogP contribution in [-0.4, -0.2) is 22.4 Å². The molecule has 0 unspecified atom stereocenters. The zero-order chi connectivity index (χ0) is 7.44. The number of rotatable bonds is 3. The first-order chi connectivity index (χ1) is 4.09. The molecule has 2 heteroatoms. The van der Waals surface area contributed by atoms with Crippen LogP contribution in [0.3, 0.4) is 0 Å². The highest BCUT2D eigenvalue weighted by Gasteiger charge is 2.16. The predicted molar refractivity (Wildman–Crippen MR) is 37.1 cm³/mol. The molecule has 3 atom stereocenters. The molecule has 0 bridgehead atoms. The van der Waals surface area contributed by atoms with Gasteiger partial charge in [0.1, 0.15) is 0 Å². The summed E-state index contributed by atoms with van der Waals surface area (Å²) in [5, 5.41) is 18.1. The minimum atomic E-state index is -0.403. The van der Waals surface area contributed by atoms with E-state index in [9.17, 15) is 0 Å². The van der Waals surface area contributed by atoms with Crippen molar-refractivity contribution in [3.63, 3.8) is 0 Å². The van der Waals surface area contributed by atoms with Gasteiger partial charge in [0.15, 0.2) is 0 Å². The van der Waals surface area contributed by atoms with Crippen molar-refractivity contribution in [1.29, 1.82) is 0 Å². The number of aliphatic hydroxyl groups is 2. The van der Waals surface area contributed by atoms with Crippen LogP contribution in [0.5, 0.6) is 0 Å². The fourth-order valence-electron chi connectivity index (χ4n) is 0.693. The SMILES string of the molecule is CC[C@H](O)[C@H](C)[C@H](C)O. The molecule has 2 N–H and O–H groups in total. The fourth-order valence-corrected chi connectivity index (χ4v) is 0.693. The van der Waals surface area contributed by atoms with Gasteiger partial charge in [-0.15, -0.1) is 0 Å². The molecule has 0 fully saturated rings. The van der Waals surface area contributed by atoms with E-state index in [1.54, 1.807) is 6.92 Å². The van der Waals surface area contributed by atoms with Crippen molar-refractivity contribution < 1.29 is 10.2 Å². The lowest BCUT2D eigenvalue weighted by Gasteiger charge is -2.19. The predicted octanol–water partition coefficient (Wildman–Crippen LogP) is 0.774. The van der Waals surface area contributed by atoms with Crippen LogP contribution in [0.15, 0.2) is 0 Å². The Morgan fingerprint density at radius 3 is 1.78 bits per heavy atom. The zero-order valence-electron chi connectivity index (χ0n) is 6.33. The van der Waals surface area contributed by atoms with Crippen LogP contribution in [0.1, 0.15) is 27.2 Å². The molecule has 0 radical (unpaired) electrons. The van der Waals surface area contributed by atoms with Gasteiger partial charge in [0.25, 0.3) is 0 Å². The minimum absolute atomic E-state index is 0.00463. The Labute approximate surface area is 56.5 Å². The molecular weight excluding hydrogens is 116 g/mol. The molecule has 56 valence electrons. The van der Waals surface area contributed by atoms with Gasteiger partial charge in [0, 0.05) is 5.92 Å². The molecule has 0 aliphatic carbocycles. The summed E-state index contributed by atoms with van der Waals surface area (Å²) in [7, 11) is 0. The average molecular weight is 132 g/mol. The van der Waals surface area contributed by atoms with Gasteiger partial charge >= 0.3 is 0 Å². The van der Waals surface area contributed by atoms with Crippen LogP contribution in [0.2, 0.25) is 0 Å². The van der Waals surface area contributed by atoms with Crippen molar-refractivity contribution in [2.24, 2.45) is 5.92 Å². The number of hydrogen-bond acceptors (Lipinski definition) is 2. The second-order valence-electron chi connectivity index (χ2n) is 2.58. The van der Waals surface area contributed by atoms with E-state index >= 15 is 0 Å². The summed E-state index contributed by atoms with van der Waals surface area (Å²) in [6.07, 6.45) is -0.0450. The Kier molecular flexibility index (Phi) is 3.82. The molecule has 0 spiro atoms. The van der Waals surface area contributed by atoms with Gasteiger partial charge < -0.3 is 10.2 Å². The smallest absolute Gasteiger partial charge is 0.0587 e. The second kappa shape index (κ2) is 3.85. The quantitative estimate of drug-likeness (QED) is 0.595. The molecule has 0 heterocycles. The second-order valence-corrected chi connectivity index (χ2v) is 2.58. The molecule has 0 rings (SSSR count). The van der Waals surface area contributed by atoms with Crippen molar-refractivity contribution in [2.45, 2.75) is 39.4 Å². The maximum Gasteiger partial charge on any atom is 0.0587 e. The van der Waals surface area contributed by atoms with Crippen LogP contribution >= 0.6 is 0 Å². The Morgan fingerprint density at radius 2 is 1.67 bits per heavy atom. The summed E-state index contributed by atoms with van der Waals surface area (Å²) in [5.41, 5.74) is 0. The third-order valence-corrected chi connectivity index (χ3v) is 1.79. The maximum absolute atomic E-state index is 9.14. The Morgan fingerprint density at radius 1 is 1.22 bits per heavy atom. The molecule has 0 aromatic rings. The van der Waals surface area contributed by atoms with E-state index in [1.165, 1.54) is 0 Å². The minimum Gasteiger partial charge on any atom is -0.393 e. The molecular formula is C7H16O2. The van der Waals surface area contributed by atoms with Gasteiger partial charge in [0.2, 0.25) is 0 Å². The highest BCUT2D eigenvalue weighted by atomic mass is 16.3. The first kappa shape index (κ1) is 8.92. The molecule has 0 aliphatic heterocycles. The van der Waals surface area contributed by atoms with Crippen LogP contribution in [0.25, 0.3) is 0 Å². The van der Waals surface area contributed by atoms with E-state index in [-0.39, 0.29) is 12.0 Å². The Balaban J connectivity index is 3.58. The van der Waals surface area contributed by atoms with Crippen LogP contribution < -0.4 is 0 Å². The summed E-state index contributed by atoms with van der Waals surface area (Å²) >= 11 is 0. The van der Waals surface area contributed by atoms with Crippen LogP contribution in [0, 0.1) is 5.92 Å². The first-order valence-corrected chi connectivity index (χ1v) is 3.45. The van der Waals surface area contributed by atoms with Gasteiger partial charge in [-0.3, -0.25) is 0 Å². The summed E-state index contributed by atoms with van der Waals surface area (Å²) in [5.74, 6) is -0.00463. The van der Waals surface area contributed by atoms with E-state index in [2.05, 4.69) is 0 Å².